The highest BCUT2D eigenvalue weighted by Gasteiger charge is 2.29. The largest absolute Gasteiger partial charge is 0.308 e. The molecule has 2 heterocycles. The fraction of sp³-hybridized carbons (Fsp3) is 0.692. The van der Waals surface area contributed by atoms with Gasteiger partial charge in [-0.2, -0.15) is 11.8 Å². The van der Waals surface area contributed by atoms with E-state index in [0.29, 0.717) is 5.92 Å². The molecule has 2 atom stereocenters. The van der Waals surface area contributed by atoms with Gasteiger partial charge in [0.15, 0.2) is 0 Å². The normalized spacial score (nSPS) is 26.3. The third kappa shape index (κ3) is 2.10. The highest BCUT2D eigenvalue weighted by molar-refractivity contribution is 7.98. The Balaban J connectivity index is 1.89. The monoisotopic (exact) mass is 264 g/mol. The molecule has 18 heavy (non-hydrogen) atoms. The number of hydrazine groups is 1. The molecule has 0 saturated heterocycles. The number of nitrogen functional groups attached to an aromatic ring is 1. The molecule has 1 aliphatic carbocycles. The highest BCUT2D eigenvalue weighted by atomic mass is 32.2. The van der Waals surface area contributed by atoms with Gasteiger partial charge in [-0.15, -0.1) is 0 Å². The Labute approximate surface area is 112 Å². The number of hydrogen-bond donors (Lipinski definition) is 2. The Kier molecular flexibility index (Phi) is 3.43. The van der Waals surface area contributed by atoms with Crippen molar-refractivity contribution in [2.24, 2.45) is 11.8 Å². The Morgan fingerprint density at radius 1 is 1.33 bits per heavy atom. The smallest absolute Gasteiger partial charge is 0.148 e. The summed E-state index contributed by atoms with van der Waals surface area (Å²) in [4.78, 5) is 9.44. The molecule has 1 aliphatic heterocycles. The summed E-state index contributed by atoms with van der Waals surface area (Å²) in [5, 5.41) is 0. The van der Waals surface area contributed by atoms with Gasteiger partial charge in [0.05, 0.1) is 5.69 Å². The van der Waals surface area contributed by atoms with Gasteiger partial charge in [-0.1, -0.05) is 13.3 Å². The number of nitrogens with zero attached hydrogens (tertiary/aromatic N) is 2. The maximum absolute atomic E-state index is 5.59. The highest BCUT2D eigenvalue weighted by Crippen LogP contribution is 2.40. The van der Waals surface area contributed by atoms with Crippen molar-refractivity contribution in [1.29, 1.82) is 0 Å². The van der Waals surface area contributed by atoms with Crippen molar-refractivity contribution in [3.8, 4) is 0 Å². The fourth-order valence-corrected chi connectivity index (χ4v) is 4.09. The average Bonchev–Trinajstić information content (AvgIpc) is 3.05. The number of nitrogens with one attached hydrogen (secondary N) is 1. The minimum absolute atomic E-state index is 0.540. The summed E-state index contributed by atoms with van der Waals surface area (Å²) in [6.07, 6.45) is 5.07. The maximum Gasteiger partial charge on any atom is 0.148 e. The summed E-state index contributed by atoms with van der Waals surface area (Å²) >= 11 is 1.89. The van der Waals surface area contributed by atoms with Crippen LogP contribution in [0.25, 0.3) is 0 Å². The van der Waals surface area contributed by atoms with Gasteiger partial charge in [0, 0.05) is 23.0 Å². The lowest BCUT2D eigenvalue weighted by Gasteiger charge is -2.13. The minimum atomic E-state index is 0.540. The van der Waals surface area contributed by atoms with Crippen molar-refractivity contribution in [2.45, 2.75) is 50.0 Å². The lowest BCUT2D eigenvalue weighted by atomic mass is 10.0. The quantitative estimate of drug-likeness (QED) is 0.649. The molecule has 1 saturated carbocycles. The lowest BCUT2D eigenvalue weighted by Crippen LogP contribution is -2.15. The molecular formula is C13H20N4S. The summed E-state index contributed by atoms with van der Waals surface area (Å²) in [5.74, 6) is 10.8. The third-order valence-electron chi connectivity index (χ3n) is 4.22. The molecule has 98 valence electrons. The molecule has 1 aromatic rings. The molecule has 3 rings (SSSR count). The molecule has 0 bridgehead atoms. The molecule has 0 spiro atoms. The van der Waals surface area contributed by atoms with E-state index in [4.69, 9.17) is 10.8 Å². The first-order chi connectivity index (χ1) is 8.81. The number of anilines is 1. The summed E-state index contributed by atoms with van der Waals surface area (Å²) in [6.45, 7) is 2.28. The first-order valence-electron chi connectivity index (χ1n) is 6.75. The van der Waals surface area contributed by atoms with Crippen LogP contribution >= 0.6 is 11.8 Å². The minimum Gasteiger partial charge on any atom is -0.308 e. The second-order valence-corrected chi connectivity index (χ2v) is 6.26. The van der Waals surface area contributed by atoms with Crippen LogP contribution in [0.4, 0.5) is 5.82 Å². The Morgan fingerprint density at radius 3 is 2.94 bits per heavy atom. The van der Waals surface area contributed by atoms with E-state index < -0.39 is 0 Å². The van der Waals surface area contributed by atoms with E-state index in [2.05, 4.69) is 17.3 Å². The van der Waals surface area contributed by atoms with E-state index in [1.165, 1.54) is 36.9 Å². The Morgan fingerprint density at radius 2 is 2.22 bits per heavy atom. The zero-order valence-electron chi connectivity index (χ0n) is 10.8. The second kappa shape index (κ2) is 5.05. The lowest BCUT2D eigenvalue weighted by molar-refractivity contribution is 0.516. The first-order valence-corrected chi connectivity index (χ1v) is 7.91. The van der Waals surface area contributed by atoms with Gasteiger partial charge in [-0.25, -0.2) is 15.8 Å². The molecule has 0 aromatic carbocycles. The molecule has 0 amide bonds. The van der Waals surface area contributed by atoms with E-state index in [-0.39, 0.29) is 0 Å². The number of fused-ring (bicyclic) bond motifs is 1. The van der Waals surface area contributed by atoms with Crippen LogP contribution in [0.2, 0.25) is 0 Å². The van der Waals surface area contributed by atoms with Crippen LogP contribution in [0, 0.1) is 5.92 Å². The predicted octanol–water partition coefficient (Wildman–Crippen LogP) is 2.80. The summed E-state index contributed by atoms with van der Waals surface area (Å²) in [7, 11) is 0. The molecule has 5 heteroatoms. The summed E-state index contributed by atoms with van der Waals surface area (Å²) < 4.78 is 0. The van der Waals surface area contributed by atoms with Crippen LogP contribution in [-0.2, 0) is 11.5 Å². The molecule has 1 fully saturated rings. The Hall–Kier alpha value is -0.810. The van der Waals surface area contributed by atoms with E-state index in [0.717, 1.165) is 29.1 Å². The summed E-state index contributed by atoms with van der Waals surface area (Å²) in [5.41, 5.74) is 5.15. The van der Waals surface area contributed by atoms with Gasteiger partial charge in [-0.05, 0) is 25.2 Å². The SMILES string of the molecule is CCC1CCC(c2nc3c(c(NN)n2)CSC3)C1. The first kappa shape index (κ1) is 12.2. The van der Waals surface area contributed by atoms with E-state index >= 15 is 0 Å². The number of rotatable bonds is 3. The third-order valence-corrected chi connectivity index (χ3v) is 5.19. The van der Waals surface area contributed by atoms with Crippen LogP contribution in [0.1, 0.15) is 55.6 Å². The zero-order valence-corrected chi connectivity index (χ0v) is 11.6. The number of thioether (sulfide) groups is 1. The van der Waals surface area contributed by atoms with Crippen LogP contribution in [0.15, 0.2) is 0 Å². The molecule has 3 N–H and O–H groups in total. The van der Waals surface area contributed by atoms with Gasteiger partial charge >= 0.3 is 0 Å². The van der Waals surface area contributed by atoms with Crippen molar-refractivity contribution in [3.05, 3.63) is 17.1 Å². The number of hydrogen-bond acceptors (Lipinski definition) is 5. The van der Waals surface area contributed by atoms with Crippen molar-refractivity contribution in [2.75, 3.05) is 5.43 Å². The van der Waals surface area contributed by atoms with Crippen molar-refractivity contribution >= 4 is 17.6 Å². The topological polar surface area (TPSA) is 63.8 Å². The molecule has 1 aromatic heterocycles. The zero-order chi connectivity index (χ0) is 12.5. The van der Waals surface area contributed by atoms with Crippen LogP contribution < -0.4 is 11.3 Å². The van der Waals surface area contributed by atoms with E-state index in [1.54, 1.807) is 0 Å². The molecule has 4 nitrogen and oxygen atoms in total. The fourth-order valence-electron chi connectivity index (χ4n) is 3.05. The number of aromatic nitrogens is 2. The van der Waals surface area contributed by atoms with E-state index in [9.17, 15) is 0 Å². The second-order valence-electron chi connectivity index (χ2n) is 5.28. The molecule has 2 aliphatic rings. The van der Waals surface area contributed by atoms with Gasteiger partial charge in [-0.3, -0.25) is 0 Å². The standard InChI is InChI=1S/C13H20N4S/c1-2-8-3-4-9(5-8)12-15-11-7-18-6-10(11)13(16-12)17-14/h8-9H,2-7,14H2,1H3,(H,15,16,17). The van der Waals surface area contributed by atoms with Crippen molar-refractivity contribution < 1.29 is 0 Å². The van der Waals surface area contributed by atoms with Gasteiger partial charge in [0.1, 0.15) is 11.6 Å². The van der Waals surface area contributed by atoms with Gasteiger partial charge in [0.25, 0.3) is 0 Å². The number of nitrogens with two attached hydrogens (primary N) is 1. The van der Waals surface area contributed by atoms with Crippen LogP contribution in [-0.4, -0.2) is 9.97 Å². The summed E-state index contributed by atoms with van der Waals surface area (Å²) in [6, 6.07) is 0. The molecular weight excluding hydrogens is 244 g/mol. The molecule has 0 radical (unpaired) electrons. The predicted molar refractivity (Wildman–Crippen MR) is 75.2 cm³/mol. The van der Waals surface area contributed by atoms with Crippen LogP contribution in [0.3, 0.4) is 0 Å². The average molecular weight is 264 g/mol. The Bertz CT molecular complexity index is 449. The van der Waals surface area contributed by atoms with Crippen molar-refractivity contribution in [3.63, 3.8) is 0 Å². The molecule has 2 unspecified atom stereocenters. The van der Waals surface area contributed by atoms with Crippen LogP contribution in [0.5, 0.6) is 0 Å². The van der Waals surface area contributed by atoms with Gasteiger partial charge in [0.2, 0.25) is 0 Å². The van der Waals surface area contributed by atoms with E-state index in [1.807, 2.05) is 11.8 Å². The van der Waals surface area contributed by atoms with Gasteiger partial charge < -0.3 is 5.43 Å². The maximum atomic E-state index is 5.59. The van der Waals surface area contributed by atoms with Crippen molar-refractivity contribution in [1.82, 2.24) is 9.97 Å².